The van der Waals surface area contributed by atoms with Crippen molar-refractivity contribution in [1.82, 2.24) is 0 Å². The van der Waals surface area contributed by atoms with Crippen LogP contribution in [0.25, 0.3) is 0 Å². The molecule has 0 aromatic carbocycles. The molecular weight excluding hydrogens is 170 g/mol. The number of Topliss-reactive ketones (excluding diaryl/α,β-unsaturated/α-hetero) is 1. The highest BCUT2D eigenvalue weighted by molar-refractivity contribution is 6.03. The van der Waals surface area contributed by atoms with E-state index < -0.39 is 12.0 Å². The Morgan fingerprint density at radius 3 is 2.00 bits per heavy atom. The van der Waals surface area contributed by atoms with E-state index in [0.29, 0.717) is 0 Å². The Labute approximate surface area is 78.4 Å². The second-order valence-electron chi connectivity index (χ2n) is 3.44. The maximum absolute atomic E-state index is 11.5. The van der Waals surface area contributed by atoms with Crippen LogP contribution >= 0.6 is 0 Å². The van der Waals surface area contributed by atoms with Crippen molar-refractivity contribution in [3.8, 4) is 0 Å². The van der Waals surface area contributed by atoms with Gasteiger partial charge in [0.25, 0.3) is 0 Å². The summed E-state index contributed by atoms with van der Waals surface area (Å²) < 4.78 is 4.38. The standard InChI is InChI=1S/C9H17NO3/c1-5(2)6(3)8(11)7(10)9(12)13-4/h5-7H,10H2,1-4H3/t6-,7?/m1/s1. The van der Waals surface area contributed by atoms with Crippen LogP contribution in [0.2, 0.25) is 0 Å². The number of carbonyl (C=O) groups is 2. The molecule has 2 N–H and O–H groups in total. The molecule has 0 radical (unpaired) electrons. The zero-order valence-corrected chi connectivity index (χ0v) is 8.53. The smallest absolute Gasteiger partial charge is 0.330 e. The Balaban J connectivity index is 4.34. The molecule has 0 aliphatic carbocycles. The van der Waals surface area contributed by atoms with Gasteiger partial charge in [0.1, 0.15) is 0 Å². The number of methoxy groups -OCH3 is 1. The van der Waals surface area contributed by atoms with Crippen LogP contribution in [0, 0.1) is 11.8 Å². The van der Waals surface area contributed by atoms with Crippen LogP contribution in [0.3, 0.4) is 0 Å². The largest absolute Gasteiger partial charge is 0.468 e. The van der Waals surface area contributed by atoms with Crippen LogP contribution in [-0.4, -0.2) is 24.9 Å². The molecule has 1 unspecified atom stereocenters. The molecule has 0 aliphatic heterocycles. The van der Waals surface area contributed by atoms with Gasteiger partial charge in [-0.2, -0.15) is 0 Å². The van der Waals surface area contributed by atoms with Crippen LogP contribution in [0.15, 0.2) is 0 Å². The topological polar surface area (TPSA) is 69.4 Å². The Hall–Kier alpha value is -0.900. The number of carbonyl (C=O) groups excluding carboxylic acids is 2. The van der Waals surface area contributed by atoms with E-state index in [1.165, 1.54) is 7.11 Å². The van der Waals surface area contributed by atoms with Crippen molar-refractivity contribution < 1.29 is 14.3 Å². The van der Waals surface area contributed by atoms with E-state index in [-0.39, 0.29) is 17.6 Å². The van der Waals surface area contributed by atoms with Crippen LogP contribution in [0.4, 0.5) is 0 Å². The number of nitrogens with two attached hydrogens (primary N) is 1. The van der Waals surface area contributed by atoms with E-state index in [1.807, 2.05) is 13.8 Å². The van der Waals surface area contributed by atoms with Gasteiger partial charge in [0.15, 0.2) is 11.8 Å². The Morgan fingerprint density at radius 1 is 1.23 bits per heavy atom. The third-order valence-electron chi connectivity index (χ3n) is 2.21. The van der Waals surface area contributed by atoms with Gasteiger partial charge in [0.05, 0.1) is 7.11 Å². The van der Waals surface area contributed by atoms with Gasteiger partial charge in [-0.3, -0.25) is 4.79 Å². The molecule has 0 saturated carbocycles. The van der Waals surface area contributed by atoms with Crippen LogP contribution < -0.4 is 5.73 Å². The minimum absolute atomic E-state index is 0.184. The van der Waals surface area contributed by atoms with Gasteiger partial charge >= 0.3 is 5.97 Å². The second-order valence-corrected chi connectivity index (χ2v) is 3.44. The average molecular weight is 187 g/mol. The molecule has 2 atom stereocenters. The molecule has 0 aromatic heterocycles. The zero-order chi connectivity index (χ0) is 10.6. The minimum Gasteiger partial charge on any atom is -0.468 e. The first-order valence-electron chi connectivity index (χ1n) is 4.29. The normalized spacial score (nSPS) is 15.2. The molecular formula is C9H17NO3. The number of rotatable bonds is 4. The molecule has 0 aromatic rings. The highest BCUT2D eigenvalue weighted by atomic mass is 16.5. The first-order chi connectivity index (χ1) is 5.91. The molecule has 0 fully saturated rings. The molecule has 0 heterocycles. The summed E-state index contributed by atoms with van der Waals surface area (Å²) in [6.45, 7) is 5.58. The highest BCUT2D eigenvalue weighted by Crippen LogP contribution is 2.12. The molecule has 0 saturated heterocycles. The predicted molar refractivity (Wildman–Crippen MR) is 49.0 cm³/mol. The third kappa shape index (κ3) is 3.14. The minimum atomic E-state index is -1.14. The van der Waals surface area contributed by atoms with Crippen molar-refractivity contribution >= 4 is 11.8 Å². The van der Waals surface area contributed by atoms with Crippen molar-refractivity contribution in [2.75, 3.05) is 7.11 Å². The van der Waals surface area contributed by atoms with E-state index in [0.717, 1.165) is 0 Å². The van der Waals surface area contributed by atoms with Crippen LogP contribution in [0.1, 0.15) is 20.8 Å². The lowest BCUT2D eigenvalue weighted by Crippen LogP contribution is -2.43. The van der Waals surface area contributed by atoms with Gasteiger partial charge in [-0.15, -0.1) is 0 Å². The molecule has 4 nitrogen and oxygen atoms in total. The molecule has 0 rings (SSSR count). The maximum atomic E-state index is 11.5. The molecule has 13 heavy (non-hydrogen) atoms. The van der Waals surface area contributed by atoms with Crippen molar-refractivity contribution in [3.05, 3.63) is 0 Å². The Kier molecular flexibility index (Phi) is 4.62. The van der Waals surface area contributed by atoms with E-state index in [1.54, 1.807) is 6.92 Å². The number of ketones is 1. The van der Waals surface area contributed by atoms with Crippen molar-refractivity contribution in [3.63, 3.8) is 0 Å². The lowest BCUT2D eigenvalue weighted by Gasteiger charge is -2.17. The van der Waals surface area contributed by atoms with Gasteiger partial charge in [-0.05, 0) is 5.92 Å². The Bertz CT molecular complexity index is 201. The summed E-state index contributed by atoms with van der Waals surface area (Å²) >= 11 is 0. The first-order valence-corrected chi connectivity index (χ1v) is 4.29. The summed E-state index contributed by atoms with van der Waals surface area (Å²) in [6, 6.07) is -1.14. The van der Waals surface area contributed by atoms with Gasteiger partial charge in [0, 0.05) is 5.92 Å². The number of hydrogen-bond donors (Lipinski definition) is 1. The van der Waals surface area contributed by atoms with Crippen molar-refractivity contribution in [2.45, 2.75) is 26.8 Å². The summed E-state index contributed by atoms with van der Waals surface area (Å²) in [5.74, 6) is -0.961. The number of esters is 1. The predicted octanol–water partition coefficient (Wildman–Crippen LogP) is 0.348. The van der Waals surface area contributed by atoms with E-state index in [4.69, 9.17) is 5.73 Å². The monoisotopic (exact) mass is 187 g/mol. The summed E-state index contributed by atoms with van der Waals surface area (Å²) in [4.78, 5) is 22.4. The fourth-order valence-electron chi connectivity index (χ4n) is 0.855. The fraction of sp³-hybridized carbons (Fsp3) is 0.778. The molecule has 0 spiro atoms. The summed E-state index contributed by atoms with van der Waals surface area (Å²) in [5.41, 5.74) is 5.39. The van der Waals surface area contributed by atoms with E-state index in [9.17, 15) is 9.59 Å². The maximum Gasteiger partial charge on any atom is 0.330 e. The zero-order valence-electron chi connectivity index (χ0n) is 8.53. The molecule has 0 bridgehead atoms. The van der Waals surface area contributed by atoms with Gasteiger partial charge in [-0.1, -0.05) is 20.8 Å². The van der Waals surface area contributed by atoms with Crippen LogP contribution in [-0.2, 0) is 14.3 Å². The second kappa shape index (κ2) is 4.97. The third-order valence-corrected chi connectivity index (χ3v) is 2.21. The van der Waals surface area contributed by atoms with Gasteiger partial charge in [0.2, 0.25) is 0 Å². The molecule has 76 valence electrons. The summed E-state index contributed by atoms with van der Waals surface area (Å²) in [5, 5.41) is 0. The quantitative estimate of drug-likeness (QED) is 0.509. The SMILES string of the molecule is COC(=O)C(N)C(=O)[C@H](C)C(C)C. The summed E-state index contributed by atoms with van der Waals surface area (Å²) in [7, 11) is 1.22. The lowest BCUT2D eigenvalue weighted by molar-refractivity contribution is -0.146. The van der Waals surface area contributed by atoms with E-state index >= 15 is 0 Å². The number of ether oxygens (including phenoxy) is 1. The molecule has 0 amide bonds. The molecule has 4 heteroatoms. The van der Waals surface area contributed by atoms with Crippen molar-refractivity contribution in [1.29, 1.82) is 0 Å². The molecule has 0 aliphatic rings. The van der Waals surface area contributed by atoms with Gasteiger partial charge in [-0.25, -0.2) is 4.79 Å². The van der Waals surface area contributed by atoms with Gasteiger partial charge < -0.3 is 10.5 Å². The van der Waals surface area contributed by atoms with E-state index in [2.05, 4.69) is 4.74 Å². The lowest BCUT2D eigenvalue weighted by atomic mass is 9.90. The van der Waals surface area contributed by atoms with Crippen molar-refractivity contribution in [2.24, 2.45) is 17.6 Å². The number of hydrogen-bond acceptors (Lipinski definition) is 4. The summed E-state index contributed by atoms with van der Waals surface area (Å²) in [6.07, 6.45) is 0. The highest BCUT2D eigenvalue weighted by Gasteiger charge is 2.28. The average Bonchev–Trinajstić information content (AvgIpc) is 2.12. The van der Waals surface area contributed by atoms with Crippen LogP contribution in [0.5, 0.6) is 0 Å². The fourth-order valence-corrected chi connectivity index (χ4v) is 0.855. The Morgan fingerprint density at radius 2 is 1.69 bits per heavy atom. The first kappa shape index (κ1) is 12.1.